The van der Waals surface area contributed by atoms with Gasteiger partial charge in [0, 0.05) is 6.20 Å². The normalized spacial score (nSPS) is 21.5. The van der Waals surface area contributed by atoms with Crippen LogP contribution in [0.1, 0.15) is 46.2 Å². The van der Waals surface area contributed by atoms with Crippen molar-refractivity contribution in [3.05, 3.63) is 29.1 Å². The molecule has 0 aliphatic heterocycles. The highest BCUT2D eigenvalue weighted by molar-refractivity contribution is 6.30. The Balaban J connectivity index is 2.46. The topological polar surface area (TPSA) is 38.9 Å². The molecule has 18 heavy (non-hydrogen) atoms. The molecule has 0 aromatic carbocycles. The summed E-state index contributed by atoms with van der Waals surface area (Å²) in [4.78, 5) is 4.41. The molecule has 0 fully saturated rings. The lowest BCUT2D eigenvalue weighted by molar-refractivity contribution is 0.228. The lowest BCUT2D eigenvalue weighted by Gasteiger charge is -2.39. The number of aromatic nitrogens is 1. The Labute approximate surface area is 114 Å². The molecule has 0 bridgehead atoms. The summed E-state index contributed by atoms with van der Waals surface area (Å²) >= 11 is 5.91. The van der Waals surface area contributed by atoms with E-state index in [4.69, 9.17) is 17.3 Å². The first-order valence-electron chi connectivity index (χ1n) is 6.32. The fourth-order valence-electron chi connectivity index (χ4n) is 3.26. The first-order valence-corrected chi connectivity index (χ1v) is 6.70. The van der Waals surface area contributed by atoms with Crippen molar-refractivity contribution >= 4 is 22.9 Å². The predicted molar refractivity (Wildman–Crippen MR) is 78.4 cm³/mol. The molecule has 0 radical (unpaired) electrons. The number of nitrogen functional groups attached to an aromatic ring is 1. The van der Waals surface area contributed by atoms with E-state index in [1.54, 1.807) is 12.3 Å². The molecule has 1 aliphatic carbocycles. The van der Waals surface area contributed by atoms with Crippen molar-refractivity contribution in [3.8, 4) is 0 Å². The molecule has 1 aromatic rings. The first-order chi connectivity index (χ1) is 8.19. The Morgan fingerprint density at radius 2 is 1.94 bits per heavy atom. The minimum atomic E-state index is 0.185. The van der Waals surface area contributed by atoms with Crippen LogP contribution in [0.15, 0.2) is 18.3 Å². The van der Waals surface area contributed by atoms with Gasteiger partial charge < -0.3 is 5.73 Å². The molecular formula is C15H21ClN2. The highest BCUT2D eigenvalue weighted by Gasteiger charge is 2.34. The van der Waals surface area contributed by atoms with Crippen molar-refractivity contribution < 1.29 is 0 Å². The van der Waals surface area contributed by atoms with Crippen LogP contribution in [0.2, 0.25) is 5.02 Å². The van der Waals surface area contributed by atoms with Gasteiger partial charge in [-0.1, -0.05) is 45.4 Å². The van der Waals surface area contributed by atoms with Gasteiger partial charge in [-0.2, -0.15) is 0 Å². The number of allylic oxidation sites excluding steroid dienone is 2. The van der Waals surface area contributed by atoms with Gasteiger partial charge >= 0.3 is 0 Å². The van der Waals surface area contributed by atoms with E-state index in [2.05, 4.69) is 38.8 Å². The van der Waals surface area contributed by atoms with E-state index in [0.717, 1.165) is 12.1 Å². The van der Waals surface area contributed by atoms with Gasteiger partial charge in [0.05, 0.1) is 16.4 Å². The van der Waals surface area contributed by atoms with E-state index in [9.17, 15) is 0 Å². The van der Waals surface area contributed by atoms with E-state index < -0.39 is 0 Å². The summed E-state index contributed by atoms with van der Waals surface area (Å²) in [5.41, 5.74) is 9.31. The summed E-state index contributed by atoms with van der Waals surface area (Å²) in [6, 6.07) is 1.78. The van der Waals surface area contributed by atoms with E-state index in [-0.39, 0.29) is 10.8 Å². The van der Waals surface area contributed by atoms with Gasteiger partial charge in [-0.25, -0.2) is 0 Å². The van der Waals surface area contributed by atoms with Crippen molar-refractivity contribution in [1.82, 2.24) is 4.98 Å². The number of nitrogens with two attached hydrogens (primary N) is 1. The fraction of sp³-hybridized carbons (Fsp3) is 0.533. The summed E-state index contributed by atoms with van der Waals surface area (Å²) in [6.07, 6.45) is 6.17. The lowest BCUT2D eigenvalue weighted by Crippen LogP contribution is -2.27. The summed E-state index contributed by atoms with van der Waals surface area (Å²) < 4.78 is 0. The van der Waals surface area contributed by atoms with E-state index >= 15 is 0 Å². The van der Waals surface area contributed by atoms with Crippen LogP contribution in [-0.4, -0.2) is 4.98 Å². The molecule has 0 atom stereocenters. The average molecular weight is 265 g/mol. The van der Waals surface area contributed by atoms with E-state index in [1.807, 2.05) is 0 Å². The number of rotatable bonds is 1. The van der Waals surface area contributed by atoms with Crippen molar-refractivity contribution in [2.24, 2.45) is 10.8 Å². The zero-order valence-electron chi connectivity index (χ0n) is 11.5. The standard InChI is InChI=1S/C15H21ClN2/c1-14(2)6-10(7-15(3,4)9-14)13-12(17)5-11(16)8-18-13/h5-6,8H,7,9,17H2,1-4H3. The van der Waals surface area contributed by atoms with E-state index in [0.29, 0.717) is 10.7 Å². The Morgan fingerprint density at radius 3 is 2.50 bits per heavy atom. The minimum Gasteiger partial charge on any atom is -0.397 e. The molecule has 1 aromatic heterocycles. The number of hydrogen-bond donors (Lipinski definition) is 1. The molecule has 0 spiro atoms. The number of anilines is 1. The van der Waals surface area contributed by atoms with Gasteiger partial charge in [0.1, 0.15) is 0 Å². The predicted octanol–water partition coefficient (Wildman–Crippen LogP) is 4.55. The van der Waals surface area contributed by atoms with Crippen LogP contribution >= 0.6 is 11.6 Å². The van der Waals surface area contributed by atoms with Gasteiger partial charge in [-0.3, -0.25) is 4.98 Å². The minimum absolute atomic E-state index is 0.185. The third kappa shape index (κ3) is 2.86. The van der Waals surface area contributed by atoms with E-state index in [1.165, 1.54) is 12.0 Å². The monoisotopic (exact) mass is 264 g/mol. The van der Waals surface area contributed by atoms with Crippen LogP contribution in [0.4, 0.5) is 5.69 Å². The van der Waals surface area contributed by atoms with Crippen molar-refractivity contribution in [1.29, 1.82) is 0 Å². The lowest BCUT2D eigenvalue weighted by atomic mass is 9.66. The summed E-state index contributed by atoms with van der Waals surface area (Å²) in [5.74, 6) is 0. The number of halogens is 1. The molecule has 1 heterocycles. The first kappa shape index (κ1) is 13.4. The Bertz CT molecular complexity index is 501. The third-order valence-electron chi connectivity index (χ3n) is 3.36. The van der Waals surface area contributed by atoms with Crippen LogP contribution in [-0.2, 0) is 0 Å². The van der Waals surface area contributed by atoms with Crippen LogP contribution in [0.3, 0.4) is 0 Å². The van der Waals surface area contributed by atoms with Crippen molar-refractivity contribution in [2.75, 3.05) is 5.73 Å². The maximum absolute atomic E-state index is 6.04. The summed E-state index contributed by atoms with van der Waals surface area (Å²) in [6.45, 7) is 9.13. The molecule has 98 valence electrons. The third-order valence-corrected chi connectivity index (χ3v) is 3.56. The van der Waals surface area contributed by atoms with Gasteiger partial charge in [-0.05, 0) is 35.3 Å². The number of pyridine rings is 1. The second-order valence-electron chi connectivity index (χ2n) is 6.77. The number of hydrogen-bond acceptors (Lipinski definition) is 2. The second kappa shape index (κ2) is 4.27. The average Bonchev–Trinajstić information content (AvgIpc) is 2.11. The Morgan fingerprint density at radius 1 is 1.28 bits per heavy atom. The highest BCUT2D eigenvalue weighted by atomic mass is 35.5. The molecule has 2 rings (SSSR count). The van der Waals surface area contributed by atoms with Crippen molar-refractivity contribution in [3.63, 3.8) is 0 Å². The SMILES string of the molecule is CC1(C)C=C(c2ncc(Cl)cc2N)CC(C)(C)C1. The molecule has 1 aliphatic rings. The molecule has 2 N–H and O–H groups in total. The molecule has 0 unspecified atom stereocenters. The zero-order chi connectivity index (χ0) is 13.6. The largest absolute Gasteiger partial charge is 0.397 e. The van der Waals surface area contributed by atoms with Gasteiger partial charge in [0.2, 0.25) is 0 Å². The number of nitrogens with zero attached hydrogens (tertiary/aromatic N) is 1. The Hall–Kier alpha value is -1.02. The van der Waals surface area contributed by atoms with Crippen LogP contribution in [0, 0.1) is 10.8 Å². The molecule has 2 nitrogen and oxygen atoms in total. The highest BCUT2D eigenvalue weighted by Crippen LogP contribution is 2.47. The van der Waals surface area contributed by atoms with Gasteiger partial charge in [0.15, 0.2) is 0 Å². The molecule has 3 heteroatoms. The van der Waals surface area contributed by atoms with Crippen LogP contribution in [0.25, 0.3) is 5.57 Å². The zero-order valence-corrected chi connectivity index (χ0v) is 12.3. The maximum Gasteiger partial charge on any atom is 0.0889 e. The summed E-state index contributed by atoms with van der Waals surface area (Å²) in [7, 11) is 0. The van der Waals surface area contributed by atoms with Crippen LogP contribution in [0.5, 0.6) is 0 Å². The smallest absolute Gasteiger partial charge is 0.0889 e. The molecular weight excluding hydrogens is 244 g/mol. The fourth-order valence-corrected chi connectivity index (χ4v) is 3.43. The molecule has 0 saturated carbocycles. The molecule has 0 saturated heterocycles. The molecule has 0 amide bonds. The summed E-state index contributed by atoms with van der Waals surface area (Å²) in [5, 5.41) is 0.589. The van der Waals surface area contributed by atoms with Crippen LogP contribution < -0.4 is 5.73 Å². The van der Waals surface area contributed by atoms with Gasteiger partial charge in [0.25, 0.3) is 0 Å². The van der Waals surface area contributed by atoms with Gasteiger partial charge in [-0.15, -0.1) is 0 Å². The quantitative estimate of drug-likeness (QED) is 0.808. The Kier molecular flexibility index (Phi) is 3.18. The van der Waals surface area contributed by atoms with Crippen molar-refractivity contribution in [2.45, 2.75) is 40.5 Å². The second-order valence-corrected chi connectivity index (χ2v) is 7.20. The maximum atomic E-state index is 6.04.